The molecule has 0 saturated heterocycles. The Balaban J connectivity index is 2.16. The Kier molecular flexibility index (Phi) is 6.24. The van der Waals surface area contributed by atoms with Crippen LogP contribution < -0.4 is 10.5 Å². The first-order valence-corrected chi connectivity index (χ1v) is 10.7. The monoisotopic (exact) mass is 476 g/mol. The lowest BCUT2D eigenvalue weighted by Gasteiger charge is -2.35. The van der Waals surface area contributed by atoms with Crippen LogP contribution in [0.5, 0.6) is 5.75 Å². The standard InChI is InChI=1S/C20H21BrN4O3S/c1-5-27-14-7-6-12(8-13(14)21)17-16(19(26)28-10(2)3)11(4)24-20-25(17)18(23)15(9-22)29-20/h6-8,10,17H,5,23H2,1-4H3/t17-/m1/s1. The van der Waals surface area contributed by atoms with Gasteiger partial charge in [0.2, 0.25) is 0 Å². The summed E-state index contributed by atoms with van der Waals surface area (Å²) in [6.45, 7) is 7.79. The molecular formula is C20H21BrN4O3S. The molecule has 2 N–H and O–H groups in total. The number of esters is 1. The van der Waals surface area contributed by atoms with Crippen LogP contribution in [0.2, 0.25) is 0 Å². The number of aliphatic imine (C=N–C) groups is 1. The van der Waals surface area contributed by atoms with E-state index in [-0.39, 0.29) is 11.9 Å². The quantitative estimate of drug-likeness (QED) is 0.635. The van der Waals surface area contributed by atoms with Gasteiger partial charge >= 0.3 is 5.97 Å². The highest BCUT2D eigenvalue weighted by Crippen LogP contribution is 2.46. The van der Waals surface area contributed by atoms with E-state index in [2.05, 4.69) is 27.0 Å². The molecule has 152 valence electrons. The van der Waals surface area contributed by atoms with Crippen LogP contribution in [0.15, 0.2) is 49.7 Å². The molecule has 2 aliphatic rings. The zero-order chi connectivity index (χ0) is 21.3. The number of rotatable bonds is 5. The fourth-order valence-electron chi connectivity index (χ4n) is 3.15. The molecule has 9 heteroatoms. The predicted octanol–water partition coefficient (Wildman–Crippen LogP) is 4.18. The summed E-state index contributed by atoms with van der Waals surface area (Å²) in [4.78, 5) is 19.6. The van der Waals surface area contributed by atoms with Crippen molar-refractivity contribution in [3.05, 3.63) is 50.2 Å². The van der Waals surface area contributed by atoms with Crippen molar-refractivity contribution in [1.82, 2.24) is 4.90 Å². The first-order valence-electron chi connectivity index (χ1n) is 9.08. The molecule has 0 unspecified atom stereocenters. The first-order chi connectivity index (χ1) is 13.8. The van der Waals surface area contributed by atoms with Crippen molar-refractivity contribution >= 4 is 38.8 Å². The van der Waals surface area contributed by atoms with E-state index in [9.17, 15) is 10.1 Å². The van der Waals surface area contributed by atoms with Crippen LogP contribution in [-0.4, -0.2) is 28.7 Å². The second-order valence-electron chi connectivity index (χ2n) is 6.67. The summed E-state index contributed by atoms with van der Waals surface area (Å²) in [7, 11) is 0. The number of nitrogens with zero attached hydrogens (tertiary/aromatic N) is 3. The number of hydrogen-bond acceptors (Lipinski definition) is 8. The summed E-state index contributed by atoms with van der Waals surface area (Å²) in [5, 5.41) is 9.98. The minimum atomic E-state index is -0.570. The van der Waals surface area contributed by atoms with Gasteiger partial charge in [0.05, 0.1) is 34.5 Å². The van der Waals surface area contributed by atoms with E-state index in [0.29, 0.717) is 33.7 Å². The van der Waals surface area contributed by atoms with Gasteiger partial charge in [-0.1, -0.05) is 6.07 Å². The Hall–Kier alpha value is -2.44. The number of carbonyl (C=O) groups excluding carboxylic acids is 1. The average molecular weight is 477 g/mol. The number of hydrogen-bond donors (Lipinski definition) is 1. The lowest BCUT2D eigenvalue weighted by atomic mass is 9.94. The molecular weight excluding hydrogens is 456 g/mol. The molecule has 1 aromatic carbocycles. The van der Waals surface area contributed by atoms with Crippen LogP contribution in [0.1, 0.15) is 39.3 Å². The Morgan fingerprint density at radius 1 is 1.48 bits per heavy atom. The minimum Gasteiger partial charge on any atom is -0.493 e. The third-order valence-electron chi connectivity index (χ3n) is 4.31. The molecule has 0 amide bonds. The number of benzene rings is 1. The van der Waals surface area contributed by atoms with Crippen molar-refractivity contribution in [3.8, 4) is 11.8 Å². The van der Waals surface area contributed by atoms with E-state index in [0.717, 1.165) is 10.0 Å². The number of thioether (sulfide) groups is 1. The Morgan fingerprint density at radius 2 is 2.21 bits per heavy atom. The molecule has 0 aliphatic carbocycles. The highest BCUT2D eigenvalue weighted by Gasteiger charge is 2.43. The van der Waals surface area contributed by atoms with E-state index in [1.54, 1.807) is 25.7 Å². The van der Waals surface area contributed by atoms with Gasteiger partial charge in [0.1, 0.15) is 22.5 Å². The van der Waals surface area contributed by atoms with Gasteiger partial charge in [-0.15, -0.1) is 0 Å². The highest BCUT2D eigenvalue weighted by molar-refractivity contribution is 9.10. The van der Waals surface area contributed by atoms with Gasteiger partial charge in [-0.25, -0.2) is 9.79 Å². The number of allylic oxidation sites excluding steroid dienone is 2. The van der Waals surface area contributed by atoms with Crippen LogP contribution in [0.25, 0.3) is 0 Å². The maximum atomic E-state index is 13.0. The largest absolute Gasteiger partial charge is 0.493 e. The smallest absolute Gasteiger partial charge is 0.338 e. The summed E-state index contributed by atoms with van der Waals surface area (Å²) in [6, 6.07) is 7.13. The van der Waals surface area contributed by atoms with Gasteiger partial charge in [0, 0.05) is 0 Å². The minimum absolute atomic E-state index is 0.272. The van der Waals surface area contributed by atoms with Gasteiger partial charge in [0.25, 0.3) is 0 Å². The number of amidine groups is 1. The summed E-state index contributed by atoms with van der Waals surface area (Å²) in [5.74, 6) is 0.511. The fraction of sp³-hybridized carbons (Fsp3) is 0.350. The normalized spacial score (nSPS) is 18.6. The number of ether oxygens (including phenoxy) is 2. The predicted molar refractivity (Wildman–Crippen MR) is 116 cm³/mol. The Labute approximate surface area is 182 Å². The van der Waals surface area contributed by atoms with Crippen LogP contribution >= 0.6 is 27.7 Å². The lowest BCUT2D eigenvalue weighted by Crippen LogP contribution is -2.39. The van der Waals surface area contributed by atoms with Gasteiger partial charge in [0.15, 0.2) is 5.17 Å². The van der Waals surface area contributed by atoms with E-state index < -0.39 is 12.0 Å². The summed E-state index contributed by atoms with van der Waals surface area (Å²) >= 11 is 4.73. The van der Waals surface area contributed by atoms with Crippen molar-refractivity contribution in [1.29, 1.82) is 5.26 Å². The van der Waals surface area contributed by atoms with Crippen molar-refractivity contribution in [2.75, 3.05) is 6.61 Å². The van der Waals surface area contributed by atoms with E-state index in [1.807, 2.05) is 25.1 Å². The van der Waals surface area contributed by atoms with Crippen LogP contribution in [0.3, 0.4) is 0 Å². The van der Waals surface area contributed by atoms with Gasteiger partial charge in [-0.05, 0) is 73.1 Å². The third kappa shape index (κ3) is 4.00. The molecule has 7 nitrogen and oxygen atoms in total. The third-order valence-corrected chi connectivity index (χ3v) is 5.91. The number of nitriles is 1. The van der Waals surface area contributed by atoms with Crippen LogP contribution in [0.4, 0.5) is 0 Å². The average Bonchev–Trinajstić information content (AvgIpc) is 2.97. The number of fused-ring (bicyclic) bond motifs is 1. The number of carbonyl (C=O) groups is 1. The molecule has 0 bridgehead atoms. The second kappa shape index (κ2) is 8.51. The summed E-state index contributed by atoms with van der Waals surface area (Å²) in [6.07, 6.45) is -0.281. The Morgan fingerprint density at radius 3 is 2.79 bits per heavy atom. The van der Waals surface area contributed by atoms with Gasteiger partial charge in [-0.3, -0.25) is 4.90 Å². The summed E-state index contributed by atoms with van der Waals surface area (Å²) in [5.41, 5.74) is 7.99. The highest BCUT2D eigenvalue weighted by atomic mass is 79.9. The molecule has 2 heterocycles. The van der Waals surface area contributed by atoms with Crippen molar-refractivity contribution in [2.24, 2.45) is 10.7 Å². The van der Waals surface area contributed by atoms with E-state index >= 15 is 0 Å². The zero-order valence-electron chi connectivity index (χ0n) is 16.5. The van der Waals surface area contributed by atoms with Crippen molar-refractivity contribution in [2.45, 2.75) is 39.8 Å². The molecule has 1 aromatic rings. The number of nitrogens with two attached hydrogens (primary N) is 1. The van der Waals surface area contributed by atoms with E-state index in [1.165, 1.54) is 11.8 Å². The fourth-order valence-corrected chi connectivity index (χ4v) is 4.58. The number of halogens is 1. The van der Waals surface area contributed by atoms with Crippen molar-refractivity contribution < 1.29 is 14.3 Å². The Bertz CT molecular complexity index is 994. The molecule has 0 fully saturated rings. The maximum Gasteiger partial charge on any atom is 0.338 e. The van der Waals surface area contributed by atoms with Crippen LogP contribution in [-0.2, 0) is 9.53 Å². The van der Waals surface area contributed by atoms with E-state index in [4.69, 9.17) is 15.2 Å². The zero-order valence-corrected chi connectivity index (χ0v) is 18.9. The van der Waals surface area contributed by atoms with Gasteiger partial charge < -0.3 is 15.2 Å². The molecule has 29 heavy (non-hydrogen) atoms. The first kappa shape index (κ1) is 21.3. The molecule has 0 spiro atoms. The molecule has 3 rings (SSSR count). The molecule has 1 atom stereocenters. The maximum absolute atomic E-state index is 13.0. The molecule has 0 radical (unpaired) electrons. The lowest BCUT2D eigenvalue weighted by molar-refractivity contribution is -0.143. The molecule has 2 aliphatic heterocycles. The topological polar surface area (TPSA) is 101 Å². The van der Waals surface area contributed by atoms with Crippen molar-refractivity contribution in [3.63, 3.8) is 0 Å². The second-order valence-corrected chi connectivity index (χ2v) is 8.50. The van der Waals surface area contributed by atoms with Gasteiger partial charge in [-0.2, -0.15) is 5.26 Å². The molecule has 0 aromatic heterocycles. The SMILES string of the molecule is CCOc1ccc([C@@H]2C(C(=O)OC(C)C)=C(C)N=C3SC(C#N)=C(N)N32)cc1Br. The summed E-state index contributed by atoms with van der Waals surface area (Å²) < 4.78 is 11.8. The van der Waals surface area contributed by atoms with Crippen LogP contribution in [0, 0.1) is 11.3 Å². The molecule has 0 saturated carbocycles.